The van der Waals surface area contributed by atoms with E-state index in [1.165, 1.54) is 31.4 Å². The first-order chi connectivity index (χ1) is 17.6. The molecule has 0 radical (unpaired) electrons. The summed E-state index contributed by atoms with van der Waals surface area (Å²) in [5, 5.41) is 3.01. The van der Waals surface area contributed by atoms with E-state index >= 15 is 0 Å². The molecule has 2 fully saturated rings. The van der Waals surface area contributed by atoms with Crippen LogP contribution in [-0.2, 0) is 0 Å². The van der Waals surface area contributed by atoms with Crippen molar-refractivity contribution >= 4 is 5.91 Å². The minimum absolute atomic E-state index is 0.208. The van der Waals surface area contributed by atoms with Crippen molar-refractivity contribution < 1.29 is 13.6 Å². The summed E-state index contributed by atoms with van der Waals surface area (Å²) in [4.78, 5) is 22.4. The van der Waals surface area contributed by atoms with Gasteiger partial charge in [0.1, 0.15) is 11.5 Å². The highest BCUT2D eigenvalue weighted by Gasteiger charge is 2.25. The Balaban J connectivity index is 1.31. The predicted molar refractivity (Wildman–Crippen MR) is 138 cm³/mol. The van der Waals surface area contributed by atoms with Crippen LogP contribution in [0, 0.1) is 5.82 Å². The van der Waals surface area contributed by atoms with E-state index in [2.05, 4.69) is 26.6 Å². The number of furan rings is 1. The Morgan fingerprint density at radius 3 is 2.47 bits per heavy atom. The summed E-state index contributed by atoms with van der Waals surface area (Å²) < 4.78 is 21.9. The van der Waals surface area contributed by atoms with Crippen molar-refractivity contribution in [1.82, 2.24) is 24.7 Å². The summed E-state index contributed by atoms with van der Waals surface area (Å²) in [5.74, 6) is 0.414. The number of amides is 1. The maximum atomic E-state index is 13.6. The third-order valence-electron chi connectivity index (χ3n) is 7.57. The molecule has 1 saturated carbocycles. The molecule has 0 atom stereocenters. The highest BCUT2D eigenvalue weighted by atomic mass is 19.1. The molecule has 192 valence electrons. The van der Waals surface area contributed by atoms with Gasteiger partial charge in [0.05, 0.1) is 12.0 Å². The largest absolute Gasteiger partial charge is 0.449 e. The fraction of sp³-hybridized carbons (Fsp3) is 0.500. The van der Waals surface area contributed by atoms with Gasteiger partial charge in [-0.05, 0) is 55.8 Å². The number of carbonyl (C=O) groups is 1. The van der Waals surface area contributed by atoms with Crippen LogP contribution in [0.15, 0.2) is 47.1 Å². The summed E-state index contributed by atoms with van der Waals surface area (Å²) in [6.45, 7) is 8.93. The molecule has 3 aromatic rings. The third kappa shape index (κ3) is 5.55. The monoisotopic (exact) mass is 493 g/mol. The van der Waals surface area contributed by atoms with Crippen molar-refractivity contribution in [2.24, 2.45) is 0 Å². The van der Waals surface area contributed by atoms with Crippen LogP contribution in [0.25, 0.3) is 22.7 Å². The highest BCUT2D eigenvalue weighted by molar-refractivity contribution is 5.92. The summed E-state index contributed by atoms with van der Waals surface area (Å²) in [6, 6.07) is 10.3. The first-order valence-corrected chi connectivity index (χ1v) is 13.3. The maximum Gasteiger partial charge on any atom is 0.287 e. The van der Waals surface area contributed by atoms with Gasteiger partial charge in [-0.3, -0.25) is 9.69 Å². The van der Waals surface area contributed by atoms with Crippen molar-refractivity contribution in [3.8, 4) is 22.7 Å². The van der Waals surface area contributed by atoms with E-state index in [0.29, 0.717) is 24.1 Å². The van der Waals surface area contributed by atoms with Gasteiger partial charge in [-0.1, -0.05) is 26.2 Å². The minimum Gasteiger partial charge on any atom is -0.449 e. The predicted octanol–water partition coefficient (Wildman–Crippen LogP) is 4.82. The third-order valence-corrected chi connectivity index (χ3v) is 7.57. The number of piperazine rings is 1. The number of aromatic nitrogens is 2. The maximum absolute atomic E-state index is 13.6. The molecule has 1 saturated heterocycles. The molecule has 3 heterocycles. The number of likely N-dealkylation sites (N-methyl/N-ethyl adjacent to an activating group) is 1. The number of hydrogen-bond acceptors (Lipinski definition) is 5. The van der Waals surface area contributed by atoms with Gasteiger partial charge < -0.3 is 19.2 Å². The molecule has 2 aliphatic rings. The zero-order valence-corrected chi connectivity index (χ0v) is 21.1. The Labute approximate surface area is 212 Å². The number of imidazole rings is 1. The van der Waals surface area contributed by atoms with E-state index in [1.54, 1.807) is 18.2 Å². The Morgan fingerprint density at radius 2 is 1.75 bits per heavy atom. The molecule has 36 heavy (non-hydrogen) atoms. The van der Waals surface area contributed by atoms with E-state index in [9.17, 15) is 9.18 Å². The molecule has 0 spiro atoms. The van der Waals surface area contributed by atoms with Gasteiger partial charge in [-0.15, -0.1) is 0 Å². The van der Waals surface area contributed by atoms with Crippen LogP contribution < -0.4 is 5.32 Å². The van der Waals surface area contributed by atoms with E-state index in [1.807, 2.05) is 12.4 Å². The molecular weight excluding hydrogens is 457 g/mol. The van der Waals surface area contributed by atoms with E-state index in [-0.39, 0.29) is 11.7 Å². The van der Waals surface area contributed by atoms with Crippen LogP contribution in [-0.4, -0.2) is 71.1 Å². The second-order valence-corrected chi connectivity index (χ2v) is 9.84. The van der Waals surface area contributed by atoms with Crippen molar-refractivity contribution in [2.75, 3.05) is 45.8 Å². The second-order valence-electron chi connectivity index (χ2n) is 9.84. The number of rotatable bonds is 8. The molecular formula is C28H36FN5O2. The van der Waals surface area contributed by atoms with E-state index < -0.39 is 0 Å². The number of carbonyl (C=O) groups excluding carboxylic acids is 1. The lowest BCUT2D eigenvalue weighted by atomic mass is 9.95. The lowest BCUT2D eigenvalue weighted by molar-refractivity contribution is 0.0911. The van der Waals surface area contributed by atoms with Gasteiger partial charge in [0, 0.05) is 50.9 Å². The molecule has 2 aromatic heterocycles. The molecule has 0 unspecified atom stereocenters. The lowest BCUT2D eigenvalue weighted by Crippen LogP contribution is -2.48. The smallest absolute Gasteiger partial charge is 0.287 e. The summed E-state index contributed by atoms with van der Waals surface area (Å²) in [7, 11) is 0. The van der Waals surface area contributed by atoms with Crippen molar-refractivity contribution in [1.29, 1.82) is 0 Å². The Kier molecular flexibility index (Phi) is 7.82. The van der Waals surface area contributed by atoms with Crippen LogP contribution in [0.4, 0.5) is 4.39 Å². The highest BCUT2D eigenvalue weighted by Crippen LogP contribution is 2.38. The molecule has 1 amide bonds. The molecule has 8 heteroatoms. The molecule has 1 aliphatic carbocycles. The second kappa shape index (κ2) is 11.4. The molecule has 5 rings (SSSR count). The quantitative estimate of drug-likeness (QED) is 0.487. The molecule has 1 aromatic carbocycles. The Morgan fingerprint density at radius 1 is 1.03 bits per heavy atom. The molecule has 1 aliphatic heterocycles. The van der Waals surface area contributed by atoms with Gasteiger partial charge in [-0.2, -0.15) is 0 Å². The topological polar surface area (TPSA) is 66.5 Å². The fourth-order valence-electron chi connectivity index (χ4n) is 5.39. The minimum atomic E-state index is -0.281. The van der Waals surface area contributed by atoms with E-state index in [0.717, 1.165) is 69.1 Å². The number of halogens is 1. The van der Waals surface area contributed by atoms with Crippen molar-refractivity contribution in [3.05, 3.63) is 54.3 Å². The van der Waals surface area contributed by atoms with Gasteiger partial charge in [0.15, 0.2) is 11.5 Å². The van der Waals surface area contributed by atoms with Crippen LogP contribution in [0.1, 0.15) is 55.6 Å². The summed E-state index contributed by atoms with van der Waals surface area (Å²) in [6.07, 6.45) is 7.68. The zero-order chi connectivity index (χ0) is 24.9. The lowest BCUT2D eigenvalue weighted by Gasteiger charge is -2.33. The van der Waals surface area contributed by atoms with Crippen LogP contribution >= 0.6 is 0 Å². The van der Waals surface area contributed by atoms with Crippen molar-refractivity contribution in [3.63, 3.8) is 0 Å². The zero-order valence-electron chi connectivity index (χ0n) is 21.1. The summed E-state index contributed by atoms with van der Waals surface area (Å²) in [5.41, 5.74) is 2.42. The number of hydrogen-bond donors (Lipinski definition) is 1. The van der Waals surface area contributed by atoms with Crippen molar-refractivity contribution in [2.45, 2.75) is 45.1 Å². The van der Waals surface area contributed by atoms with Gasteiger partial charge in [0.2, 0.25) is 0 Å². The van der Waals surface area contributed by atoms with Crippen LogP contribution in [0.2, 0.25) is 0 Å². The molecule has 0 bridgehead atoms. The average Bonchev–Trinajstić information content (AvgIpc) is 3.58. The van der Waals surface area contributed by atoms with Gasteiger partial charge in [0.25, 0.3) is 5.91 Å². The molecule has 1 N–H and O–H groups in total. The first kappa shape index (κ1) is 24.7. The number of benzene rings is 1. The standard InChI is InChI=1S/C28H36FN5O2/c1-2-32-16-18-33(19-17-32)15-14-30-28(35)25-13-12-24(36-25)27-26(21-8-10-22(29)11-9-21)31-20-34(27)23-6-4-3-5-7-23/h8-13,20,23H,2-7,14-19H2,1H3,(H,30,35). The first-order valence-electron chi connectivity index (χ1n) is 13.3. The van der Waals surface area contributed by atoms with Crippen LogP contribution in [0.3, 0.4) is 0 Å². The normalized spacial score (nSPS) is 17.9. The Hall–Kier alpha value is -2.97. The molecule has 7 nitrogen and oxygen atoms in total. The summed E-state index contributed by atoms with van der Waals surface area (Å²) >= 11 is 0. The fourth-order valence-corrected chi connectivity index (χ4v) is 5.39. The van der Waals surface area contributed by atoms with Gasteiger partial charge >= 0.3 is 0 Å². The Bertz CT molecular complexity index is 1140. The number of nitrogens with one attached hydrogen (secondary N) is 1. The average molecular weight is 494 g/mol. The van der Waals surface area contributed by atoms with Crippen LogP contribution in [0.5, 0.6) is 0 Å². The van der Waals surface area contributed by atoms with E-state index in [4.69, 9.17) is 9.40 Å². The SMILES string of the molecule is CCN1CCN(CCNC(=O)c2ccc(-c3c(-c4ccc(F)cc4)ncn3C3CCCCC3)o2)CC1. The van der Waals surface area contributed by atoms with Gasteiger partial charge in [-0.25, -0.2) is 9.37 Å². The number of nitrogens with zero attached hydrogens (tertiary/aromatic N) is 4.